The Hall–Kier alpha value is -2.99. The molecule has 204 valence electrons. The minimum atomic E-state index is -3.14. The van der Waals surface area contributed by atoms with E-state index in [-0.39, 0.29) is 11.6 Å². The van der Waals surface area contributed by atoms with Crippen LogP contribution in [-0.2, 0) is 29.4 Å². The molecule has 2 aromatic heterocycles. The van der Waals surface area contributed by atoms with Crippen molar-refractivity contribution in [2.45, 2.75) is 31.8 Å². The molecule has 1 fully saturated rings. The van der Waals surface area contributed by atoms with Crippen molar-refractivity contribution < 1.29 is 17.2 Å². The zero-order valence-electron chi connectivity index (χ0n) is 21.4. The zero-order chi connectivity index (χ0) is 27.3. The third kappa shape index (κ3) is 5.28. The molecule has 0 saturated carbocycles. The Bertz CT molecular complexity index is 1730. The molecule has 0 amide bonds. The fourth-order valence-corrected chi connectivity index (χ4v) is 7.45. The smallest absolute Gasteiger partial charge is 0.271 e. The third-order valence-electron chi connectivity index (χ3n) is 7.74. The van der Waals surface area contributed by atoms with Gasteiger partial charge < -0.3 is 0 Å². The largest absolute Gasteiger partial charge is 0.296 e. The van der Waals surface area contributed by atoms with Crippen LogP contribution < -0.4 is 5.56 Å². The molecule has 6 rings (SSSR count). The van der Waals surface area contributed by atoms with Crippen LogP contribution in [0.15, 0.2) is 53.6 Å². The first kappa shape index (κ1) is 26.2. The molecule has 1 atom stereocenters. The quantitative estimate of drug-likeness (QED) is 0.360. The Morgan fingerprint density at radius 2 is 1.79 bits per heavy atom. The first-order valence-electron chi connectivity index (χ1n) is 12.9. The van der Waals surface area contributed by atoms with Gasteiger partial charge in [0.2, 0.25) is 10.0 Å². The van der Waals surface area contributed by atoms with Crippen LogP contribution in [0.1, 0.15) is 29.2 Å². The van der Waals surface area contributed by atoms with Crippen molar-refractivity contribution in [2.75, 3.05) is 32.4 Å². The van der Waals surface area contributed by atoms with Crippen molar-refractivity contribution in [2.24, 2.45) is 0 Å². The number of hydrogen-bond donors (Lipinski definition) is 0. The van der Waals surface area contributed by atoms with Crippen LogP contribution in [0, 0.1) is 11.6 Å². The van der Waals surface area contributed by atoms with Crippen LogP contribution in [0.3, 0.4) is 0 Å². The Kier molecular flexibility index (Phi) is 6.86. The van der Waals surface area contributed by atoms with Crippen LogP contribution >= 0.6 is 11.3 Å². The second kappa shape index (κ2) is 10.2. The second-order valence-electron chi connectivity index (χ2n) is 10.3. The molecule has 39 heavy (non-hydrogen) atoms. The number of rotatable bonds is 5. The minimum Gasteiger partial charge on any atom is -0.296 e. The predicted molar refractivity (Wildman–Crippen MR) is 148 cm³/mol. The highest BCUT2D eigenvalue weighted by molar-refractivity contribution is 7.88. The van der Waals surface area contributed by atoms with Crippen LogP contribution in [0.2, 0.25) is 0 Å². The first-order valence-corrected chi connectivity index (χ1v) is 15.6. The molecule has 1 saturated heterocycles. The van der Waals surface area contributed by atoms with E-state index in [1.165, 1.54) is 44.7 Å². The van der Waals surface area contributed by atoms with Crippen molar-refractivity contribution in [1.82, 2.24) is 18.8 Å². The van der Waals surface area contributed by atoms with E-state index in [0.29, 0.717) is 46.8 Å². The number of benzene rings is 2. The molecule has 2 aromatic carbocycles. The Morgan fingerprint density at radius 3 is 2.54 bits per heavy atom. The summed E-state index contributed by atoms with van der Waals surface area (Å²) in [5.41, 5.74) is 4.68. The number of sulfonamides is 1. The van der Waals surface area contributed by atoms with E-state index in [4.69, 9.17) is 0 Å². The highest BCUT2D eigenvalue weighted by atomic mass is 32.2. The summed E-state index contributed by atoms with van der Waals surface area (Å²) in [5.74, 6) is -1.83. The lowest BCUT2D eigenvalue weighted by atomic mass is 9.87. The summed E-state index contributed by atoms with van der Waals surface area (Å²) in [6.45, 7) is 3.25. The monoisotopic (exact) mass is 570 g/mol. The van der Waals surface area contributed by atoms with E-state index in [2.05, 4.69) is 28.1 Å². The SMILES string of the molecule is CS(=O)(=O)N1CCN(Cc2ccc3c(c2)CC[C@H](n2cnc4cc(-c5ccc(F)c(F)c5)sc4c2=O)C3)CC1. The number of fused-ring (bicyclic) bond motifs is 2. The molecule has 1 aliphatic carbocycles. The molecule has 2 aliphatic rings. The van der Waals surface area contributed by atoms with E-state index in [0.717, 1.165) is 37.9 Å². The maximum atomic E-state index is 13.7. The summed E-state index contributed by atoms with van der Waals surface area (Å²) >= 11 is 1.25. The maximum Gasteiger partial charge on any atom is 0.271 e. The lowest BCUT2D eigenvalue weighted by Crippen LogP contribution is -2.47. The van der Waals surface area contributed by atoms with Gasteiger partial charge in [0.15, 0.2) is 11.6 Å². The highest BCUT2D eigenvalue weighted by Gasteiger charge is 2.25. The summed E-state index contributed by atoms with van der Waals surface area (Å²) in [5, 5.41) is 0. The van der Waals surface area contributed by atoms with Gasteiger partial charge in [-0.3, -0.25) is 14.3 Å². The number of piperazine rings is 1. The summed E-state index contributed by atoms with van der Waals surface area (Å²) in [4.78, 5) is 20.9. The van der Waals surface area contributed by atoms with Gasteiger partial charge in [-0.2, -0.15) is 4.31 Å². The molecule has 0 unspecified atom stereocenters. The molecule has 4 aromatic rings. The van der Waals surface area contributed by atoms with E-state index in [1.54, 1.807) is 17.0 Å². The fraction of sp³-hybridized carbons (Fsp3) is 0.357. The van der Waals surface area contributed by atoms with Crippen LogP contribution in [0.4, 0.5) is 8.78 Å². The number of nitrogens with zero attached hydrogens (tertiary/aromatic N) is 4. The van der Waals surface area contributed by atoms with Gasteiger partial charge in [0.1, 0.15) is 4.70 Å². The van der Waals surface area contributed by atoms with Gasteiger partial charge in [0.05, 0.1) is 18.1 Å². The van der Waals surface area contributed by atoms with Crippen LogP contribution in [-0.4, -0.2) is 59.6 Å². The van der Waals surface area contributed by atoms with E-state index >= 15 is 0 Å². The molecule has 7 nitrogen and oxygen atoms in total. The number of halogens is 2. The van der Waals surface area contributed by atoms with Crippen molar-refractivity contribution in [3.63, 3.8) is 0 Å². The lowest BCUT2D eigenvalue weighted by molar-refractivity contribution is 0.182. The third-order valence-corrected chi connectivity index (χ3v) is 10.2. The maximum absolute atomic E-state index is 13.7. The second-order valence-corrected chi connectivity index (χ2v) is 13.4. The Labute approximate surface area is 229 Å². The summed E-state index contributed by atoms with van der Waals surface area (Å²) in [7, 11) is -3.14. The average molecular weight is 571 g/mol. The standard InChI is InChI=1S/C28H28F2N4O3S2/c1-39(36,37)33-10-8-32(9-11-33)16-18-2-3-20-13-22(6-4-19(20)12-18)34-17-31-25-15-26(38-27(25)28(34)35)21-5-7-23(29)24(30)14-21/h2-3,5,7,12,14-15,17,22H,4,6,8-11,13,16H2,1H3/t22-/m0/s1. The van der Waals surface area contributed by atoms with Gasteiger partial charge in [0, 0.05) is 43.6 Å². The van der Waals surface area contributed by atoms with Gasteiger partial charge in [0.25, 0.3) is 5.56 Å². The lowest BCUT2D eigenvalue weighted by Gasteiger charge is -2.33. The average Bonchev–Trinajstić information content (AvgIpc) is 3.35. The minimum absolute atomic E-state index is 0.00867. The molecule has 0 spiro atoms. The van der Waals surface area contributed by atoms with Crippen molar-refractivity contribution in [1.29, 1.82) is 0 Å². The van der Waals surface area contributed by atoms with E-state index in [1.807, 2.05) is 0 Å². The molecular formula is C28H28F2N4O3S2. The molecule has 3 heterocycles. The van der Waals surface area contributed by atoms with Crippen molar-refractivity contribution in [3.05, 3.63) is 87.5 Å². The van der Waals surface area contributed by atoms with Crippen LogP contribution in [0.25, 0.3) is 20.7 Å². The fourth-order valence-electron chi connectivity index (χ4n) is 5.58. The Balaban J connectivity index is 1.17. The van der Waals surface area contributed by atoms with Gasteiger partial charge in [-0.1, -0.05) is 24.3 Å². The summed E-state index contributed by atoms with van der Waals surface area (Å²) < 4.78 is 54.4. The van der Waals surface area contributed by atoms with E-state index in [9.17, 15) is 22.0 Å². The highest BCUT2D eigenvalue weighted by Crippen LogP contribution is 2.33. The molecule has 0 radical (unpaired) electrons. The van der Waals surface area contributed by atoms with Gasteiger partial charge >= 0.3 is 0 Å². The number of hydrogen-bond acceptors (Lipinski definition) is 6. The topological polar surface area (TPSA) is 75.5 Å². The Morgan fingerprint density at radius 1 is 1.00 bits per heavy atom. The first-order chi connectivity index (χ1) is 18.7. The van der Waals surface area contributed by atoms with Crippen LogP contribution in [0.5, 0.6) is 0 Å². The van der Waals surface area contributed by atoms with Crippen molar-refractivity contribution >= 4 is 31.6 Å². The molecular weight excluding hydrogens is 542 g/mol. The molecule has 1 aliphatic heterocycles. The molecule has 0 bridgehead atoms. The number of aryl methyl sites for hydroxylation is 1. The number of thiophene rings is 1. The summed E-state index contributed by atoms with van der Waals surface area (Å²) in [6.07, 6.45) is 5.27. The normalized spacial score (nSPS) is 18.9. The van der Waals surface area contributed by atoms with E-state index < -0.39 is 21.7 Å². The predicted octanol–water partition coefficient (Wildman–Crippen LogP) is 4.21. The molecule has 11 heteroatoms. The van der Waals surface area contributed by atoms with Gasteiger partial charge in [-0.15, -0.1) is 11.3 Å². The number of aromatic nitrogens is 2. The van der Waals surface area contributed by atoms with Gasteiger partial charge in [-0.05, 0) is 59.7 Å². The molecule has 0 N–H and O–H groups in total. The van der Waals surface area contributed by atoms with Crippen molar-refractivity contribution in [3.8, 4) is 10.4 Å². The van der Waals surface area contributed by atoms with Gasteiger partial charge in [-0.25, -0.2) is 22.2 Å². The zero-order valence-corrected chi connectivity index (χ0v) is 23.1. The summed E-state index contributed by atoms with van der Waals surface area (Å²) in [6, 6.07) is 12.0.